The smallest absolute Gasteiger partial charge is 0.191 e. The van der Waals surface area contributed by atoms with Crippen molar-refractivity contribution in [1.29, 1.82) is 0 Å². The molecule has 0 unspecified atom stereocenters. The average Bonchev–Trinajstić information content (AvgIpc) is 3.04. The van der Waals surface area contributed by atoms with Crippen molar-refractivity contribution < 1.29 is 4.74 Å². The van der Waals surface area contributed by atoms with Gasteiger partial charge in [0.05, 0.1) is 5.02 Å². The van der Waals surface area contributed by atoms with E-state index in [-0.39, 0.29) is 6.61 Å². The van der Waals surface area contributed by atoms with E-state index >= 15 is 0 Å². The molecule has 0 aliphatic carbocycles. The summed E-state index contributed by atoms with van der Waals surface area (Å²) >= 11 is 13.8. The highest BCUT2D eigenvalue weighted by molar-refractivity contribution is 7.98. The first-order valence-electron chi connectivity index (χ1n) is 8.25. The number of ether oxygens (including phenoxy) is 1. The van der Waals surface area contributed by atoms with Gasteiger partial charge in [-0.25, -0.2) is 0 Å². The number of aromatic nitrogens is 3. The summed E-state index contributed by atoms with van der Waals surface area (Å²) in [6.07, 6.45) is 0. The Balaban J connectivity index is 1.67. The summed E-state index contributed by atoms with van der Waals surface area (Å²) in [6.45, 7) is 5.20. The highest BCUT2D eigenvalue weighted by Crippen LogP contribution is 2.29. The molecule has 26 heavy (non-hydrogen) atoms. The summed E-state index contributed by atoms with van der Waals surface area (Å²) in [5.41, 5.74) is 2.52. The Morgan fingerprint density at radius 2 is 1.85 bits per heavy atom. The second-order valence-electron chi connectivity index (χ2n) is 5.78. The molecule has 136 valence electrons. The maximum atomic E-state index is 6.14. The molecule has 0 saturated carbocycles. The number of aryl methyl sites for hydroxylation is 1. The molecule has 3 rings (SSSR count). The van der Waals surface area contributed by atoms with Crippen LogP contribution < -0.4 is 4.74 Å². The fourth-order valence-corrected chi connectivity index (χ4v) is 3.72. The van der Waals surface area contributed by atoms with Crippen molar-refractivity contribution in [2.75, 3.05) is 0 Å². The summed E-state index contributed by atoms with van der Waals surface area (Å²) in [5, 5.41) is 10.6. The van der Waals surface area contributed by atoms with E-state index in [0.717, 1.165) is 23.3 Å². The lowest BCUT2D eigenvalue weighted by molar-refractivity contribution is 0.288. The molecule has 0 aliphatic heterocycles. The van der Waals surface area contributed by atoms with Crippen LogP contribution in [0.4, 0.5) is 0 Å². The summed E-state index contributed by atoms with van der Waals surface area (Å²) in [7, 11) is 0. The van der Waals surface area contributed by atoms with Gasteiger partial charge in [0.15, 0.2) is 11.0 Å². The minimum absolute atomic E-state index is 0.284. The van der Waals surface area contributed by atoms with E-state index < -0.39 is 0 Å². The molecule has 0 fully saturated rings. The lowest BCUT2D eigenvalue weighted by Gasteiger charge is -2.10. The number of hydrogen-bond acceptors (Lipinski definition) is 4. The molecule has 0 atom stereocenters. The number of thioether (sulfide) groups is 1. The van der Waals surface area contributed by atoms with Gasteiger partial charge >= 0.3 is 0 Å². The lowest BCUT2D eigenvalue weighted by atomic mass is 10.2. The fourth-order valence-electron chi connectivity index (χ4n) is 2.41. The van der Waals surface area contributed by atoms with Gasteiger partial charge in [-0.15, -0.1) is 10.2 Å². The summed E-state index contributed by atoms with van der Waals surface area (Å²) in [6, 6.07) is 13.7. The van der Waals surface area contributed by atoms with E-state index in [0.29, 0.717) is 15.8 Å². The van der Waals surface area contributed by atoms with Crippen molar-refractivity contribution in [3.05, 3.63) is 69.5 Å². The van der Waals surface area contributed by atoms with Crippen LogP contribution in [0.5, 0.6) is 5.75 Å². The lowest BCUT2D eigenvalue weighted by Crippen LogP contribution is -2.07. The van der Waals surface area contributed by atoms with Crippen LogP contribution in [-0.4, -0.2) is 14.8 Å². The molecular formula is C19H19Cl2N3OS. The average molecular weight is 408 g/mol. The third-order valence-corrected chi connectivity index (χ3v) is 5.43. The zero-order valence-electron chi connectivity index (χ0n) is 14.6. The molecule has 0 radical (unpaired) electrons. The molecule has 0 spiro atoms. The first kappa shape index (κ1) is 19.1. The van der Waals surface area contributed by atoms with E-state index in [1.165, 1.54) is 11.1 Å². The fraction of sp³-hybridized carbons (Fsp3) is 0.263. The molecule has 0 amide bonds. The first-order chi connectivity index (χ1) is 12.6. The van der Waals surface area contributed by atoms with Gasteiger partial charge in [0.1, 0.15) is 12.4 Å². The zero-order valence-corrected chi connectivity index (χ0v) is 16.9. The van der Waals surface area contributed by atoms with Gasteiger partial charge in [0.2, 0.25) is 0 Å². The van der Waals surface area contributed by atoms with Crippen molar-refractivity contribution in [2.45, 2.75) is 37.9 Å². The van der Waals surface area contributed by atoms with Gasteiger partial charge in [0, 0.05) is 23.4 Å². The molecule has 1 aromatic heterocycles. The van der Waals surface area contributed by atoms with E-state index in [2.05, 4.69) is 52.9 Å². The predicted molar refractivity (Wildman–Crippen MR) is 107 cm³/mol. The Kier molecular flexibility index (Phi) is 6.46. The van der Waals surface area contributed by atoms with Gasteiger partial charge in [-0.05, 0) is 31.5 Å². The largest absolute Gasteiger partial charge is 0.484 e. The molecule has 7 heteroatoms. The normalized spacial score (nSPS) is 10.9. The second kappa shape index (κ2) is 8.80. The number of hydrogen-bond donors (Lipinski definition) is 0. The maximum absolute atomic E-state index is 6.14. The summed E-state index contributed by atoms with van der Waals surface area (Å²) in [5.74, 6) is 2.15. The molecule has 0 saturated heterocycles. The molecule has 0 N–H and O–H groups in total. The number of nitrogens with zero attached hydrogens (tertiary/aromatic N) is 3. The molecule has 2 aromatic carbocycles. The maximum Gasteiger partial charge on any atom is 0.191 e. The standard InChI is InChI=1S/C19H19Cl2N3OS/c1-3-24-18(11-25-17-10-15(20)8-9-16(17)21)22-23-19(24)26-12-14-6-4-13(2)5-7-14/h4-10H,3,11-12H2,1-2H3. The highest BCUT2D eigenvalue weighted by atomic mass is 35.5. The Labute approximate surface area is 167 Å². The minimum atomic E-state index is 0.284. The van der Waals surface area contributed by atoms with E-state index in [1.54, 1.807) is 30.0 Å². The Bertz CT molecular complexity index is 881. The van der Waals surface area contributed by atoms with Crippen LogP contribution in [0.25, 0.3) is 0 Å². The van der Waals surface area contributed by atoms with Crippen LogP contribution in [-0.2, 0) is 18.9 Å². The van der Waals surface area contributed by atoms with Crippen LogP contribution in [0.1, 0.15) is 23.9 Å². The van der Waals surface area contributed by atoms with Gasteiger partial charge in [0.25, 0.3) is 0 Å². The van der Waals surface area contributed by atoms with E-state index in [9.17, 15) is 0 Å². The SMILES string of the molecule is CCn1c(COc2cc(Cl)ccc2Cl)nnc1SCc1ccc(C)cc1. The number of benzene rings is 2. The molecule has 3 aromatic rings. The van der Waals surface area contributed by atoms with Crippen LogP contribution >= 0.6 is 35.0 Å². The van der Waals surface area contributed by atoms with Crippen LogP contribution in [0, 0.1) is 6.92 Å². The number of rotatable bonds is 7. The van der Waals surface area contributed by atoms with Gasteiger partial charge in [-0.2, -0.15) is 0 Å². The summed E-state index contributed by atoms with van der Waals surface area (Å²) < 4.78 is 7.84. The highest BCUT2D eigenvalue weighted by Gasteiger charge is 2.13. The first-order valence-corrected chi connectivity index (χ1v) is 9.99. The van der Waals surface area contributed by atoms with Crippen LogP contribution in [0.3, 0.4) is 0 Å². The topological polar surface area (TPSA) is 39.9 Å². The molecule has 0 aliphatic rings. The van der Waals surface area contributed by atoms with Crippen molar-refractivity contribution in [2.24, 2.45) is 0 Å². The van der Waals surface area contributed by atoms with Crippen molar-refractivity contribution in [1.82, 2.24) is 14.8 Å². The molecular weight excluding hydrogens is 389 g/mol. The van der Waals surface area contributed by atoms with Crippen LogP contribution in [0.15, 0.2) is 47.6 Å². The minimum Gasteiger partial charge on any atom is -0.484 e. The van der Waals surface area contributed by atoms with E-state index in [4.69, 9.17) is 27.9 Å². The van der Waals surface area contributed by atoms with Crippen molar-refractivity contribution >= 4 is 35.0 Å². The van der Waals surface area contributed by atoms with Gasteiger partial charge in [-0.3, -0.25) is 0 Å². The third-order valence-electron chi connectivity index (χ3n) is 3.85. The van der Waals surface area contributed by atoms with Gasteiger partial charge in [-0.1, -0.05) is 64.8 Å². The Hall–Kier alpha value is -1.69. The monoisotopic (exact) mass is 407 g/mol. The molecule has 0 bridgehead atoms. The second-order valence-corrected chi connectivity index (χ2v) is 7.57. The van der Waals surface area contributed by atoms with Crippen molar-refractivity contribution in [3.63, 3.8) is 0 Å². The predicted octanol–water partition coefficient (Wildman–Crippen LogP) is 5.78. The van der Waals surface area contributed by atoms with Gasteiger partial charge < -0.3 is 9.30 Å². The third kappa shape index (κ3) is 4.72. The zero-order chi connectivity index (χ0) is 18.5. The quantitative estimate of drug-likeness (QED) is 0.465. The van der Waals surface area contributed by atoms with Crippen molar-refractivity contribution in [3.8, 4) is 5.75 Å². The summed E-state index contributed by atoms with van der Waals surface area (Å²) in [4.78, 5) is 0. The van der Waals surface area contributed by atoms with Crippen LogP contribution in [0.2, 0.25) is 10.0 Å². The van der Waals surface area contributed by atoms with E-state index in [1.807, 2.05) is 0 Å². The Morgan fingerprint density at radius 1 is 1.08 bits per heavy atom. The molecule has 1 heterocycles. The Morgan fingerprint density at radius 3 is 2.58 bits per heavy atom. The number of halogens is 2. The molecule has 4 nitrogen and oxygen atoms in total.